The Bertz CT molecular complexity index is 487. The van der Waals surface area contributed by atoms with E-state index < -0.39 is 5.41 Å². The minimum Gasteiger partial charge on any atom is -0.381 e. The first-order valence-corrected chi connectivity index (χ1v) is 7.83. The molecule has 1 fully saturated rings. The Kier molecular flexibility index (Phi) is 5.62. The van der Waals surface area contributed by atoms with Crippen LogP contribution in [0.2, 0.25) is 5.02 Å². The molecule has 1 aromatic carbocycles. The van der Waals surface area contributed by atoms with Crippen LogP contribution in [-0.2, 0) is 9.53 Å². The number of halogens is 1. The lowest BCUT2D eigenvalue weighted by atomic mass is 9.79. The van der Waals surface area contributed by atoms with E-state index in [4.69, 9.17) is 22.1 Å². The van der Waals surface area contributed by atoms with Gasteiger partial charge in [-0.3, -0.25) is 4.79 Å². The Morgan fingerprint density at radius 3 is 2.76 bits per heavy atom. The highest BCUT2D eigenvalue weighted by atomic mass is 35.5. The van der Waals surface area contributed by atoms with Crippen LogP contribution in [0.4, 0.5) is 0 Å². The second-order valence-corrected chi connectivity index (χ2v) is 6.02. The quantitative estimate of drug-likeness (QED) is 0.879. The summed E-state index contributed by atoms with van der Waals surface area (Å²) in [6.07, 6.45) is 2.17. The number of amides is 1. The summed E-state index contributed by atoms with van der Waals surface area (Å²) in [5.41, 5.74) is 6.41. The van der Waals surface area contributed by atoms with E-state index in [1.54, 1.807) is 0 Å². The van der Waals surface area contributed by atoms with Crippen LogP contribution in [0.1, 0.15) is 37.8 Å². The van der Waals surface area contributed by atoms with Gasteiger partial charge in [0.05, 0.1) is 11.5 Å². The Morgan fingerprint density at radius 1 is 1.48 bits per heavy atom. The molecule has 4 nitrogen and oxygen atoms in total. The zero-order chi connectivity index (χ0) is 15.3. The molecule has 0 aliphatic carbocycles. The number of carbonyl (C=O) groups is 1. The molecule has 1 saturated heterocycles. The molecule has 1 unspecified atom stereocenters. The molecule has 1 aliphatic heterocycles. The first-order chi connectivity index (χ1) is 10.1. The summed E-state index contributed by atoms with van der Waals surface area (Å²) in [5, 5.41) is 3.82. The smallest absolute Gasteiger partial charge is 0.228 e. The summed E-state index contributed by atoms with van der Waals surface area (Å²) < 4.78 is 5.36. The highest BCUT2D eigenvalue weighted by Crippen LogP contribution is 2.31. The molecule has 1 amide bonds. The van der Waals surface area contributed by atoms with Gasteiger partial charge in [-0.05, 0) is 37.0 Å². The Hall–Kier alpha value is -1.10. The maximum atomic E-state index is 12.7. The number of hydrogen-bond donors (Lipinski definition) is 2. The first kappa shape index (κ1) is 16.3. The molecule has 0 spiro atoms. The van der Waals surface area contributed by atoms with Crippen molar-refractivity contribution in [3.8, 4) is 0 Å². The van der Waals surface area contributed by atoms with Crippen molar-refractivity contribution < 1.29 is 9.53 Å². The number of benzene rings is 1. The van der Waals surface area contributed by atoms with Crippen LogP contribution in [0.3, 0.4) is 0 Å². The first-order valence-electron chi connectivity index (χ1n) is 7.45. The molecule has 1 aliphatic rings. The third-order valence-electron chi connectivity index (χ3n) is 4.29. The standard InChI is InChI=1S/C16H23ClN2O2/c1-2-14(12-4-3-5-13(17)10-12)19-15(20)16(11-18)6-8-21-9-7-16/h3-5,10,14H,2,6-9,11,18H2,1H3,(H,19,20). The van der Waals surface area contributed by atoms with Crippen molar-refractivity contribution in [2.24, 2.45) is 11.1 Å². The van der Waals surface area contributed by atoms with E-state index in [2.05, 4.69) is 5.32 Å². The van der Waals surface area contributed by atoms with Gasteiger partial charge in [0.15, 0.2) is 0 Å². The number of hydrogen-bond acceptors (Lipinski definition) is 3. The van der Waals surface area contributed by atoms with Crippen LogP contribution in [0, 0.1) is 5.41 Å². The second-order valence-electron chi connectivity index (χ2n) is 5.59. The fraction of sp³-hybridized carbons (Fsp3) is 0.562. The van der Waals surface area contributed by atoms with Gasteiger partial charge in [-0.1, -0.05) is 30.7 Å². The minimum absolute atomic E-state index is 0.0279. The second kappa shape index (κ2) is 7.25. The van der Waals surface area contributed by atoms with Gasteiger partial charge in [-0.15, -0.1) is 0 Å². The molecule has 1 heterocycles. The molecule has 0 radical (unpaired) electrons. The van der Waals surface area contributed by atoms with Gasteiger partial charge in [-0.25, -0.2) is 0 Å². The fourth-order valence-corrected chi connectivity index (χ4v) is 2.94. The summed E-state index contributed by atoms with van der Waals surface area (Å²) in [6.45, 7) is 3.59. The monoisotopic (exact) mass is 310 g/mol. The average molecular weight is 311 g/mol. The van der Waals surface area contributed by atoms with Crippen LogP contribution in [0.25, 0.3) is 0 Å². The van der Waals surface area contributed by atoms with Crippen LogP contribution in [-0.4, -0.2) is 25.7 Å². The molecule has 0 bridgehead atoms. The third-order valence-corrected chi connectivity index (χ3v) is 4.52. The Labute approximate surface area is 131 Å². The highest BCUT2D eigenvalue weighted by molar-refractivity contribution is 6.30. The third kappa shape index (κ3) is 3.76. The molecular weight excluding hydrogens is 288 g/mol. The van der Waals surface area contributed by atoms with Gasteiger partial charge in [-0.2, -0.15) is 0 Å². The van der Waals surface area contributed by atoms with Gasteiger partial charge in [0.25, 0.3) is 0 Å². The number of nitrogens with two attached hydrogens (primary N) is 1. The summed E-state index contributed by atoms with van der Waals surface area (Å²) >= 11 is 6.04. The summed E-state index contributed by atoms with van der Waals surface area (Å²) in [4.78, 5) is 12.7. The summed E-state index contributed by atoms with van der Waals surface area (Å²) in [6, 6.07) is 7.58. The van der Waals surface area contributed by atoms with Crippen LogP contribution < -0.4 is 11.1 Å². The van der Waals surface area contributed by atoms with Gasteiger partial charge in [0.2, 0.25) is 5.91 Å². The van der Waals surface area contributed by atoms with E-state index in [0.717, 1.165) is 12.0 Å². The molecule has 21 heavy (non-hydrogen) atoms. The highest BCUT2D eigenvalue weighted by Gasteiger charge is 2.39. The molecule has 1 atom stereocenters. The predicted molar refractivity (Wildman–Crippen MR) is 84.2 cm³/mol. The molecule has 0 saturated carbocycles. The predicted octanol–water partition coefficient (Wildman–Crippen LogP) is 2.66. The number of nitrogens with one attached hydrogen (secondary N) is 1. The average Bonchev–Trinajstić information content (AvgIpc) is 2.53. The molecular formula is C16H23ClN2O2. The van der Waals surface area contributed by atoms with Crippen molar-refractivity contribution in [2.45, 2.75) is 32.2 Å². The van der Waals surface area contributed by atoms with E-state index in [-0.39, 0.29) is 11.9 Å². The van der Waals surface area contributed by atoms with Gasteiger partial charge in [0, 0.05) is 24.8 Å². The number of carbonyl (C=O) groups excluding carboxylic acids is 1. The topological polar surface area (TPSA) is 64.4 Å². The maximum absolute atomic E-state index is 12.7. The summed E-state index contributed by atoms with van der Waals surface area (Å²) in [7, 11) is 0. The van der Waals surface area contributed by atoms with Crippen molar-refractivity contribution in [3.05, 3.63) is 34.9 Å². The summed E-state index contributed by atoms with van der Waals surface area (Å²) in [5.74, 6) is 0.0279. The van der Waals surface area contributed by atoms with Crippen molar-refractivity contribution in [2.75, 3.05) is 19.8 Å². The molecule has 2 rings (SSSR count). The normalized spacial score (nSPS) is 19.0. The lowest BCUT2D eigenvalue weighted by Gasteiger charge is -2.36. The largest absolute Gasteiger partial charge is 0.381 e. The molecule has 1 aromatic rings. The molecule has 3 N–H and O–H groups in total. The molecule has 0 aromatic heterocycles. The van der Waals surface area contributed by atoms with Crippen LogP contribution in [0.15, 0.2) is 24.3 Å². The SMILES string of the molecule is CCC(NC(=O)C1(CN)CCOCC1)c1cccc(Cl)c1. The van der Waals surface area contributed by atoms with E-state index in [0.29, 0.717) is 37.6 Å². The van der Waals surface area contributed by atoms with Crippen molar-refractivity contribution in [1.82, 2.24) is 5.32 Å². The zero-order valence-corrected chi connectivity index (χ0v) is 13.2. The number of ether oxygens (including phenoxy) is 1. The number of rotatable bonds is 5. The fourth-order valence-electron chi connectivity index (χ4n) is 2.74. The Balaban J connectivity index is 2.12. The van der Waals surface area contributed by atoms with E-state index >= 15 is 0 Å². The van der Waals surface area contributed by atoms with Gasteiger partial charge < -0.3 is 15.8 Å². The van der Waals surface area contributed by atoms with Crippen molar-refractivity contribution in [1.29, 1.82) is 0 Å². The van der Waals surface area contributed by atoms with Gasteiger partial charge >= 0.3 is 0 Å². The minimum atomic E-state index is -0.496. The zero-order valence-electron chi connectivity index (χ0n) is 12.4. The maximum Gasteiger partial charge on any atom is 0.228 e. The Morgan fingerprint density at radius 2 is 2.19 bits per heavy atom. The lowest BCUT2D eigenvalue weighted by Crippen LogP contribution is -2.49. The molecule has 116 valence electrons. The van der Waals surface area contributed by atoms with Gasteiger partial charge in [0.1, 0.15) is 0 Å². The molecule has 5 heteroatoms. The lowest BCUT2D eigenvalue weighted by molar-refractivity contribution is -0.136. The van der Waals surface area contributed by atoms with Crippen molar-refractivity contribution in [3.63, 3.8) is 0 Å². The van der Waals surface area contributed by atoms with E-state index in [1.807, 2.05) is 31.2 Å². The van der Waals surface area contributed by atoms with E-state index in [1.165, 1.54) is 0 Å². The van der Waals surface area contributed by atoms with E-state index in [9.17, 15) is 4.79 Å². The van der Waals surface area contributed by atoms with Crippen LogP contribution in [0.5, 0.6) is 0 Å². The van der Waals surface area contributed by atoms with Crippen LogP contribution >= 0.6 is 11.6 Å². The van der Waals surface area contributed by atoms with Crippen molar-refractivity contribution >= 4 is 17.5 Å².